The highest BCUT2D eigenvalue weighted by molar-refractivity contribution is 7.17. The highest BCUT2D eigenvalue weighted by Crippen LogP contribution is 2.45. The molecule has 15 rings (SSSR count). The number of rotatable bonds is 30. The van der Waals surface area contributed by atoms with Crippen LogP contribution in [0.2, 0.25) is 0 Å². The molecule has 0 fully saturated rings. The summed E-state index contributed by atoms with van der Waals surface area (Å²) in [7, 11) is 0. The van der Waals surface area contributed by atoms with Gasteiger partial charge in [0.15, 0.2) is 5.82 Å². The van der Waals surface area contributed by atoms with Gasteiger partial charge in [0, 0.05) is 167 Å². The minimum atomic E-state index is -0.964. The molecule has 0 radical (unpaired) electrons. The normalized spacial score (nSPS) is 10.5. The van der Waals surface area contributed by atoms with Crippen molar-refractivity contribution in [1.82, 2.24) is 24.9 Å². The first-order valence-corrected chi connectivity index (χ1v) is 45.3. The Morgan fingerprint density at radius 1 is 0.340 bits per heavy atom. The molecule has 144 heavy (non-hydrogen) atoms. The van der Waals surface area contributed by atoms with Gasteiger partial charge in [-0.15, -0.1) is 45.3 Å². The molecular weight excluding hydrogens is 1950 g/mol. The van der Waals surface area contributed by atoms with Crippen molar-refractivity contribution in [3.05, 3.63) is 283 Å². The van der Waals surface area contributed by atoms with Crippen LogP contribution in [0.4, 0.5) is 33.0 Å². The van der Waals surface area contributed by atoms with Gasteiger partial charge in [-0.1, -0.05) is 54.6 Å². The number of aryl methyl sites for hydroxylation is 1. The number of carboxylic acid groups (broad SMARTS) is 5. The summed E-state index contributed by atoms with van der Waals surface area (Å²) in [6, 6.07) is 45.8. The average Bonchev–Trinajstić information content (AvgIpc) is 1.50. The maximum absolute atomic E-state index is 12.5. The van der Waals surface area contributed by atoms with Crippen molar-refractivity contribution in [3.63, 3.8) is 0 Å². The first-order chi connectivity index (χ1) is 68.5. The van der Waals surface area contributed by atoms with E-state index < -0.39 is 65.0 Å². The number of aromatic nitrogens is 5. The first kappa shape index (κ1) is 106. The molecule has 25 N–H and O–H groups in total. The Kier molecular flexibility index (Phi) is 35.5. The molecular formula is C99H83N11O30S4. The van der Waals surface area contributed by atoms with E-state index >= 15 is 0 Å². The molecule has 0 saturated heterocycles. The van der Waals surface area contributed by atoms with Gasteiger partial charge in [0.05, 0.1) is 76.7 Å². The zero-order chi connectivity index (χ0) is 104. The molecule has 41 nitrogen and oxygen atoms in total. The number of phenolic OH excluding ortho intramolecular Hbond substituents is 15. The second-order valence-corrected chi connectivity index (χ2v) is 35.4. The van der Waals surface area contributed by atoms with Crippen LogP contribution < -0.4 is 26.6 Å². The Morgan fingerprint density at radius 2 is 0.764 bits per heavy atom. The number of nitrogens with zero attached hydrogens (tertiary/aromatic N) is 6. The molecule has 0 saturated carbocycles. The molecule has 738 valence electrons. The third-order valence-electron chi connectivity index (χ3n) is 20.0. The van der Waals surface area contributed by atoms with Crippen LogP contribution in [0.15, 0.2) is 213 Å². The predicted molar refractivity (Wildman–Crippen MR) is 527 cm³/mol. The lowest BCUT2D eigenvalue weighted by Gasteiger charge is -2.13. The fraction of sp³-hybridized carbons (Fsp3) is 0.111. The van der Waals surface area contributed by atoms with Gasteiger partial charge in [-0.05, 0) is 109 Å². The van der Waals surface area contributed by atoms with Crippen molar-refractivity contribution in [2.75, 3.05) is 26.6 Å². The maximum Gasteiger partial charge on any atom is 0.308 e. The minimum Gasteiger partial charge on any atom is -0.508 e. The molecule has 0 spiro atoms. The lowest BCUT2D eigenvalue weighted by atomic mass is 10.0. The molecule has 5 amide bonds. The van der Waals surface area contributed by atoms with Gasteiger partial charge in [-0.25, -0.2) is 24.8 Å². The first-order valence-electron chi connectivity index (χ1n) is 42.0. The van der Waals surface area contributed by atoms with Crippen LogP contribution >= 0.6 is 45.3 Å². The number of aliphatic carboxylic acids is 5. The zero-order valence-corrected chi connectivity index (χ0v) is 77.9. The SMILES string of the molecule is Cc1ncc(-c2cccc(CC(=O)O)c2)c(NC(=O)Cc2c(O)cc(O)cc2O)n1.O=C(O)Cc1ccc(-c2ccccc2NC(=O)CCc2c(O)cc(O)cc2O)s1.O=C(O)Cc1ccc(NC(=O)c2cccc(-c3c(O)cc(O)cc3O)c2)s1.O=C(O)Cc1ccc(NC(=O)c2cncc(-c3c(O)cc(O)cc3O)c2)s1.[C-]#[N+]c1cnc(-c2ccc(CC(=O)O)s2)nc1NC(=O)CCc1c(O)cc(O)cc1O. The molecule has 0 aliphatic heterocycles. The number of pyridine rings is 1. The summed E-state index contributed by atoms with van der Waals surface area (Å²) in [4.78, 5) is 144. The zero-order valence-electron chi connectivity index (χ0n) is 74.6. The Hall–Kier alpha value is -18.9. The number of carbonyl (C=O) groups excluding carboxylic acids is 5. The number of phenols is 15. The molecule has 45 heteroatoms. The van der Waals surface area contributed by atoms with Crippen LogP contribution in [0, 0.1) is 13.5 Å². The van der Waals surface area contributed by atoms with Crippen LogP contribution in [-0.2, 0) is 89.7 Å². The summed E-state index contributed by atoms with van der Waals surface area (Å²) < 4.78 is 0. The predicted octanol–water partition coefficient (Wildman–Crippen LogP) is 15.4. The van der Waals surface area contributed by atoms with E-state index in [1.165, 1.54) is 70.9 Å². The van der Waals surface area contributed by atoms with E-state index in [4.69, 9.17) is 32.1 Å². The fourth-order valence-corrected chi connectivity index (χ4v) is 17.4. The van der Waals surface area contributed by atoms with Crippen molar-refractivity contribution in [1.29, 1.82) is 0 Å². The molecule has 7 aromatic heterocycles. The molecule has 0 unspecified atom stereocenters. The summed E-state index contributed by atoms with van der Waals surface area (Å²) in [6.07, 6.45) is 4.47. The number of amides is 5. The number of carboxylic acids is 5. The summed E-state index contributed by atoms with van der Waals surface area (Å²) in [5, 5.41) is 205. The highest BCUT2D eigenvalue weighted by atomic mass is 32.1. The van der Waals surface area contributed by atoms with E-state index in [-0.39, 0.29) is 213 Å². The van der Waals surface area contributed by atoms with Crippen molar-refractivity contribution in [2.24, 2.45) is 0 Å². The number of carbonyl (C=O) groups is 10. The standard InChI is InChI=1S/C21H19N3O6.C21H19NO6S.C20H16N4O6S.C19H15NO6S.C18H14N2O6S/c1-11-22-10-16(13-4-2-3-12(5-13)6-20(29)30)21(23-11)24-19(28)9-15-17(26)7-14(25)8-18(15)27;23-12-9-17(24)15(18(25)10-12)6-8-20(26)22-16-4-2-1-3-14(16)19-7-5-13(29-19)11-21(27)28;1-21-13-9-22-20(16-4-2-11(31-16)8-18(29)30)24-19(13)23-17(28)5-3-12-14(26)6-10(25)7-15(12)27;21-12-7-14(22)18(15(23)8-12)10-2-1-3-11(6-10)19(26)20-16-5-4-13(27-16)9-17(24)25;21-11-4-13(22)17(14(23)5-11)9-3-10(8-19-7-9)18(26)20-15-2-1-12(27-15)6-16(24)25/h2-5,7-8,10,25-27H,6,9H2,1H3,(H,29,30)(H,22,23,24,28);1-5,7,9-10,23-25H,6,8,11H2,(H,22,26)(H,27,28);2,4,6-7,9,25-27H,3,5,8H2,(H,29,30)(H,22,23,24,28);1-8,21-23H,9H2,(H,20,26)(H,24,25);1-5,7-8,21-23H,6H2,(H,20,26)(H,24,25). The molecule has 0 bridgehead atoms. The van der Waals surface area contributed by atoms with E-state index in [0.717, 1.165) is 82.4 Å². The summed E-state index contributed by atoms with van der Waals surface area (Å²) in [5.41, 5.74) is 4.60. The van der Waals surface area contributed by atoms with Crippen molar-refractivity contribution >= 4 is 138 Å². The Labute approximate surface area is 829 Å². The number of benzene rings is 8. The average molecular weight is 2040 g/mol. The minimum absolute atomic E-state index is 0.00247. The fourth-order valence-electron chi connectivity index (χ4n) is 13.6. The molecule has 7 heterocycles. The largest absolute Gasteiger partial charge is 0.508 e. The van der Waals surface area contributed by atoms with Crippen LogP contribution in [0.3, 0.4) is 0 Å². The number of para-hydroxylation sites is 1. The van der Waals surface area contributed by atoms with E-state index in [0.29, 0.717) is 68.2 Å². The van der Waals surface area contributed by atoms with Crippen molar-refractivity contribution in [3.8, 4) is 141 Å². The number of hydrogen-bond donors (Lipinski definition) is 25. The van der Waals surface area contributed by atoms with Gasteiger partial charge in [0.1, 0.15) is 104 Å². The van der Waals surface area contributed by atoms with Gasteiger partial charge in [0.25, 0.3) is 11.8 Å². The van der Waals surface area contributed by atoms with E-state index in [1.54, 1.807) is 104 Å². The van der Waals surface area contributed by atoms with Crippen molar-refractivity contribution in [2.45, 2.75) is 71.1 Å². The van der Waals surface area contributed by atoms with E-state index in [9.17, 15) is 125 Å². The van der Waals surface area contributed by atoms with Gasteiger partial charge in [-0.3, -0.25) is 52.9 Å². The quantitative estimate of drug-likeness (QED) is 0.0186. The second kappa shape index (κ2) is 48.4. The van der Waals surface area contributed by atoms with Crippen LogP contribution in [-0.4, -0.2) is 186 Å². The van der Waals surface area contributed by atoms with E-state index in [2.05, 4.69) is 56.3 Å². The highest BCUT2D eigenvalue weighted by Gasteiger charge is 2.25. The summed E-state index contributed by atoms with van der Waals surface area (Å²) >= 11 is 4.87. The lowest BCUT2D eigenvalue weighted by molar-refractivity contribution is -0.137. The molecule has 0 aliphatic carbocycles. The van der Waals surface area contributed by atoms with Crippen LogP contribution in [0.5, 0.6) is 86.2 Å². The number of anilines is 5. The third kappa shape index (κ3) is 29.8. The Balaban J connectivity index is 0.000000172. The van der Waals surface area contributed by atoms with Gasteiger partial charge >= 0.3 is 29.8 Å². The van der Waals surface area contributed by atoms with Crippen molar-refractivity contribution < 1.29 is 150 Å². The molecule has 0 aliphatic rings. The maximum atomic E-state index is 12.5. The third-order valence-corrected chi connectivity index (χ3v) is 24.2. The number of thiophene rings is 4. The summed E-state index contributed by atoms with van der Waals surface area (Å²) in [6.45, 7) is 8.89. The van der Waals surface area contributed by atoms with Gasteiger partial charge in [0.2, 0.25) is 23.4 Å². The van der Waals surface area contributed by atoms with Gasteiger partial charge < -0.3 is 129 Å². The van der Waals surface area contributed by atoms with Gasteiger partial charge in [-0.2, -0.15) is 0 Å². The summed E-state index contributed by atoms with van der Waals surface area (Å²) in [5.74, 6) is -11.1. The lowest BCUT2D eigenvalue weighted by Crippen LogP contribution is -2.17. The molecule has 0 atom stereocenters. The smallest absolute Gasteiger partial charge is 0.308 e. The topological polar surface area (TPSA) is 704 Å². The second-order valence-electron chi connectivity index (χ2n) is 30.8. The monoisotopic (exact) mass is 2030 g/mol. The van der Waals surface area contributed by atoms with E-state index in [1.807, 2.05) is 18.2 Å². The number of aromatic hydroxyl groups is 15. The Bertz CT molecular complexity index is 7180. The van der Waals surface area contributed by atoms with Crippen LogP contribution in [0.25, 0.3) is 59.4 Å². The Morgan fingerprint density at radius 3 is 1.27 bits per heavy atom. The molecule has 8 aromatic carbocycles. The molecule has 15 aromatic rings. The van der Waals surface area contributed by atoms with Crippen LogP contribution in [0.1, 0.15) is 81.1 Å². The number of nitrogens with one attached hydrogen (secondary N) is 5. The number of hydrogen-bond acceptors (Lipinski definition) is 34.